The SMILES string of the molecule is CCCCc1nc(Cl)c(CN2CCN(c3cnn(C)c(=O)c3)CC2)[nH]1. The third kappa shape index (κ3) is 4.41. The first-order valence-corrected chi connectivity index (χ1v) is 9.18. The Labute approximate surface area is 152 Å². The van der Waals surface area contributed by atoms with Crippen LogP contribution in [0.1, 0.15) is 31.3 Å². The zero-order valence-electron chi connectivity index (χ0n) is 14.8. The van der Waals surface area contributed by atoms with E-state index in [2.05, 4.69) is 31.8 Å². The number of anilines is 1. The van der Waals surface area contributed by atoms with Gasteiger partial charge in [-0.1, -0.05) is 24.9 Å². The highest BCUT2D eigenvalue weighted by Gasteiger charge is 2.20. The molecule has 1 aliphatic heterocycles. The van der Waals surface area contributed by atoms with Crippen molar-refractivity contribution in [3.63, 3.8) is 0 Å². The Kier molecular flexibility index (Phi) is 5.75. The third-order valence-corrected chi connectivity index (χ3v) is 4.93. The number of nitrogens with zero attached hydrogens (tertiary/aromatic N) is 5. The van der Waals surface area contributed by atoms with Gasteiger partial charge in [0.05, 0.1) is 17.6 Å². The van der Waals surface area contributed by atoms with Gasteiger partial charge in [-0.15, -0.1) is 0 Å². The van der Waals surface area contributed by atoms with Crippen molar-refractivity contribution in [2.45, 2.75) is 32.7 Å². The van der Waals surface area contributed by atoms with E-state index < -0.39 is 0 Å². The fourth-order valence-electron chi connectivity index (χ4n) is 3.03. The van der Waals surface area contributed by atoms with Gasteiger partial charge >= 0.3 is 0 Å². The van der Waals surface area contributed by atoms with Crippen LogP contribution in [0.2, 0.25) is 5.15 Å². The van der Waals surface area contributed by atoms with E-state index in [-0.39, 0.29) is 5.56 Å². The van der Waals surface area contributed by atoms with Crippen LogP contribution in [-0.4, -0.2) is 50.8 Å². The van der Waals surface area contributed by atoms with Crippen LogP contribution in [0.15, 0.2) is 17.1 Å². The lowest BCUT2D eigenvalue weighted by molar-refractivity contribution is 0.247. The Morgan fingerprint density at radius 1 is 1.28 bits per heavy atom. The van der Waals surface area contributed by atoms with Crippen LogP contribution in [0.25, 0.3) is 0 Å². The smallest absolute Gasteiger partial charge is 0.268 e. The summed E-state index contributed by atoms with van der Waals surface area (Å²) in [4.78, 5) is 24.1. The van der Waals surface area contributed by atoms with Crippen LogP contribution >= 0.6 is 11.6 Å². The minimum absolute atomic E-state index is 0.0798. The number of hydrogen-bond acceptors (Lipinski definition) is 5. The number of hydrogen-bond donors (Lipinski definition) is 1. The zero-order chi connectivity index (χ0) is 17.8. The minimum Gasteiger partial charge on any atom is -0.368 e. The Hall–Kier alpha value is -1.86. The molecule has 1 fully saturated rings. The molecule has 1 N–H and O–H groups in total. The van der Waals surface area contributed by atoms with Crippen LogP contribution in [0.3, 0.4) is 0 Å². The van der Waals surface area contributed by atoms with Gasteiger partial charge in [0.15, 0.2) is 5.15 Å². The molecule has 0 atom stereocenters. The summed E-state index contributed by atoms with van der Waals surface area (Å²) in [6, 6.07) is 1.65. The third-order valence-electron chi connectivity index (χ3n) is 4.62. The van der Waals surface area contributed by atoms with Crippen molar-refractivity contribution in [3.8, 4) is 0 Å². The topological polar surface area (TPSA) is 70.1 Å². The van der Waals surface area contributed by atoms with Gasteiger partial charge < -0.3 is 9.88 Å². The molecule has 1 saturated heterocycles. The first-order valence-electron chi connectivity index (χ1n) is 8.80. The van der Waals surface area contributed by atoms with Crippen molar-refractivity contribution in [1.82, 2.24) is 24.6 Å². The molecule has 0 spiro atoms. The Bertz CT molecular complexity index is 763. The number of rotatable bonds is 6. The second-order valence-electron chi connectivity index (χ2n) is 6.50. The molecule has 25 heavy (non-hydrogen) atoms. The van der Waals surface area contributed by atoms with E-state index in [4.69, 9.17) is 11.6 Å². The molecular weight excluding hydrogens is 340 g/mol. The quantitative estimate of drug-likeness (QED) is 0.846. The highest BCUT2D eigenvalue weighted by Crippen LogP contribution is 2.18. The lowest BCUT2D eigenvalue weighted by atomic mass is 10.2. The molecule has 2 aromatic rings. The van der Waals surface area contributed by atoms with Crippen LogP contribution in [-0.2, 0) is 20.0 Å². The van der Waals surface area contributed by atoms with Gasteiger partial charge in [0.2, 0.25) is 0 Å². The fraction of sp³-hybridized carbons (Fsp3) is 0.588. The Morgan fingerprint density at radius 2 is 2.04 bits per heavy atom. The van der Waals surface area contributed by atoms with Crippen molar-refractivity contribution in [1.29, 1.82) is 0 Å². The van der Waals surface area contributed by atoms with E-state index in [1.807, 2.05) is 0 Å². The maximum atomic E-state index is 11.7. The molecule has 0 amide bonds. The molecule has 7 nitrogen and oxygen atoms in total. The molecule has 0 bridgehead atoms. The normalized spacial score (nSPS) is 15.7. The summed E-state index contributed by atoms with van der Waals surface area (Å²) in [6.45, 7) is 6.50. The van der Waals surface area contributed by atoms with Crippen molar-refractivity contribution in [2.24, 2.45) is 7.05 Å². The number of piperazine rings is 1. The molecule has 8 heteroatoms. The minimum atomic E-state index is -0.0798. The summed E-state index contributed by atoms with van der Waals surface area (Å²) in [5, 5.41) is 4.68. The standard InChI is InChI=1S/C17H25ClN6O/c1-3-4-5-15-20-14(17(18)21-15)12-23-6-8-24(9-7-23)13-10-16(25)22(2)19-11-13/h10-11H,3-9,12H2,1-2H3,(H,20,21). The molecule has 0 radical (unpaired) electrons. The predicted molar refractivity (Wildman–Crippen MR) is 99.2 cm³/mol. The number of aryl methyl sites for hydroxylation is 2. The maximum Gasteiger partial charge on any atom is 0.268 e. The number of aromatic nitrogens is 4. The van der Waals surface area contributed by atoms with Gasteiger partial charge in [-0.25, -0.2) is 9.67 Å². The second-order valence-corrected chi connectivity index (χ2v) is 6.85. The molecule has 1 aliphatic rings. The summed E-state index contributed by atoms with van der Waals surface area (Å²) in [5.74, 6) is 0.978. The fourth-order valence-corrected chi connectivity index (χ4v) is 3.24. The van der Waals surface area contributed by atoms with Gasteiger partial charge in [0.1, 0.15) is 5.82 Å². The van der Waals surface area contributed by atoms with E-state index in [0.29, 0.717) is 5.15 Å². The van der Waals surface area contributed by atoms with Gasteiger partial charge in [-0.3, -0.25) is 9.69 Å². The molecule has 3 rings (SSSR count). The highest BCUT2D eigenvalue weighted by molar-refractivity contribution is 6.30. The summed E-state index contributed by atoms with van der Waals surface area (Å²) in [6.07, 6.45) is 4.96. The Morgan fingerprint density at radius 3 is 2.72 bits per heavy atom. The predicted octanol–water partition coefficient (Wildman–Crippen LogP) is 1.82. The van der Waals surface area contributed by atoms with E-state index in [1.165, 1.54) is 4.68 Å². The van der Waals surface area contributed by atoms with E-state index in [0.717, 1.165) is 69.2 Å². The van der Waals surface area contributed by atoms with Crippen molar-refractivity contribution in [2.75, 3.05) is 31.1 Å². The van der Waals surface area contributed by atoms with Gasteiger partial charge in [0, 0.05) is 52.3 Å². The molecule has 2 aromatic heterocycles. The van der Waals surface area contributed by atoms with Crippen LogP contribution in [0, 0.1) is 0 Å². The van der Waals surface area contributed by atoms with Crippen LogP contribution in [0.5, 0.6) is 0 Å². The molecular formula is C17H25ClN6O. The van der Waals surface area contributed by atoms with Gasteiger partial charge in [0.25, 0.3) is 5.56 Å². The summed E-state index contributed by atoms with van der Waals surface area (Å²) in [5.41, 5.74) is 1.81. The van der Waals surface area contributed by atoms with E-state index in [9.17, 15) is 4.79 Å². The lowest BCUT2D eigenvalue weighted by Gasteiger charge is -2.35. The zero-order valence-corrected chi connectivity index (χ0v) is 15.6. The molecule has 0 aliphatic carbocycles. The van der Waals surface area contributed by atoms with Gasteiger partial charge in [-0.05, 0) is 6.42 Å². The lowest BCUT2D eigenvalue weighted by Crippen LogP contribution is -2.46. The largest absolute Gasteiger partial charge is 0.368 e. The average Bonchev–Trinajstić information content (AvgIpc) is 2.96. The summed E-state index contributed by atoms with van der Waals surface area (Å²) in [7, 11) is 1.66. The first kappa shape index (κ1) is 17.9. The summed E-state index contributed by atoms with van der Waals surface area (Å²) >= 11 is 6.28. The first-order chi connectivity index (χ1) is 12.1. The summed E-state index contributed by atoms with van der Waals surface area (Å²) < 4.78 is 1.34. The monoisotopic (exact) mass is 364 g/mol. The second kappa shape index (κ2) is 8.01. The molecule has 136 valence electrons. The van der Waals surface area contributed by atoms with Crippen LogP contribution < -0.4 is 10.5 Å². The molecule has 0 unspecified atom stereocenters. The van der Waals surface area contributed by atoms with Crippen molar-refractivity contribution in [3.05, 3.63) is 39.3 Å². The molecule has 3 heterocycles. The number of H-pyrrole nitrogens is 1. The van der Waals surface area contributed by atoms with Crippen molar-refractivity contribution < 1.29 is 0 Å². The van der Waals surface area contributed by atoms with E-state index in [1.54, 1.807) is 19.3 Å². The maximum absolute atomic E-state index is 11.7. The van der Waals surface area contributed by atoms with Crippen molar-refractivity contribution >= 4 is 17.3 Å². The highest BCUT2D eigenvalue weighted by atomic mass is 35.5. The van der Waals surface area contributed by atoms with Gasteiger partial charge in [-0.2, -0.15) is 5.10 Å². The average molecular weight is 365 g/mol. The number of nitrogens with one attached hydrogen (secondary N) is 1. The number of unbranched alkanes of at least 4 members (excludes halogenated alkanes) is 1. The molecule has 0 aromatic carbocycles. The van der Waals surface area contributed by atoms with E-state index >= 15 is 0 Å². The number of imidazole rings is 1. The number of halogens is 1. The Balaban J connectivity index is 1.56. The van der Waals surface area contributed by atoms with Crippen LogP contribution in [0.4, 0.5) is 5.69 Å². The molecule has 0 saturated carbocycles. The number of aromatic amines is 1.